The Kier molecular flexibility index (Phi) is 8.59. The molecule has 1 unspecified atom stereocenters. The Morgan fingerprint density at radius 1 is 1.42 bits per heavy atom. The van der Waals surface area contributed by atoms with Crippen molar-refractivity contribution in [2.24, 2.45) is 5.73 Å². The number of hydrogen-bond donors (Lipinski definition) is 1. The molecule has 0 amide bonds. The first-order valence-corrected chi connectivity index (χ1v) is 3.29. The van der Waals surface area contributed by atoms with Gasteiger partial charge in [-0.15, -0.1) is 24.8 Å². The zero-order valence-corrected chi connectivity index (χ0v) is 8.44. The molecule has 2 N–H and O–H groups in total. The normalized spacial score (nSPS) is 10.8. The van der Waals surface area contributed by atoms with Crippen LogP contribution in [0.25, 0.3) is 0 Å². The van der Waals surface area contributed by atoms with Gasteiger partial charge in [-0.3, -0.25) is 9.97 Å². The SMILES string of the molecule is CC(N)Cc1cnccn1.Cl.Cl. The highest BCUT2D eigenvalue weighted by atomic mass is 35.5. The predicted octanol–water partition coefficient (Wildman–Crippen LogP) is 1.21. The van der Waals surface area contributed by atoms with E-state index in [1.165, 1.54) is 0 Å². The van der Waals surface area contributed by atoms with Crippen LogP contribution in [0, 0.1) is 0 Å². The van der Waals surface area contributed by atoms with Crippen LogP contribution in [0.4, 0.5) is 0 Å². The molecule has 0 aromatic carbocycles. The van der Waals surface area contributed by atoms with Crippen LogP contribution in [0.5, 0.6) is 0 Å². The van der Waals surface area contributed by atoms with Gasteiger partial charge in [0.2, 0.25) is 0 Å². The first kappa shape index (κ1) is 14.2. The van der Waals surface area contributed by atoms with E-state index in [2.05, 4.69) is 9.97 Å². The van der Waals surface area contributed by atoms with Crippen molar-refractivity contribution in [3.63, 3.8) is 0 Å². The molecule has 70 valence electrons. The number of rotatable bonds is 2. The summed E-state index contributed by atoms with van der Waals surface area (Å²) >= 11 is 0. The Labute approximate surface area is 84.6 Å². The Balaban J connectivity index is 0. The van der Waals surface area contributed by atoms with Gasteiger partial charge in [0.1, 0.15) is 0 Å². The van der Waals surface area contributed by atoms with E-state index in [0.717, 1.165) is 12.1 Å². The first-order valence-electron chi connectivity index (χ1n) is 3.29. The smallest absolute Gasteiger partial charge is 0.0601 e. The molecule has 0 aliphatic carbocycles. The topological polar surface area (TPSA) is 51.8 Å². The largest absolute Gasteiger partial charge is 0.328 e. The Morgan fingerprint density at radius 2 is 2.08 bits per heavy atom. The van der Waals surface area contributed by atoms with Crippen LogP contribution >= 0.6 is 24.8 Å². The molecule has 0 radical (unpaired) electrons. The minimum atomic E-state index is 0. The summed E-state index contributed by atoms with van der Waals surface area (Å²) in [6.07, 6.45) is 5.87. The maximum Gasteiger partial charge on any atom is 0.0601 e. The third kappa shape index (κ3) is 5.29. The van der Waals surface area contributed by atoms with Crippen LogP contribution in [0.3, 0.4) is 0 Å². The fraction of sp³-hybridized carbons (Fsp3) is 0.429. The fourth-order valence-corrected chi connectivity index (χ4v) is 0.765. The lowest BCUT2D eigenvalue weighted by atomic mass is 10.2. The van der Waals surface area contributed by atoms with Crippen LogP contribution in [0.1, 0.15) is 12.6 Å². The van der Waals surface area contributed by atoms with Gasteiger partial charge in [-0.25, -0.2) is 0 Å². The third-order valence-corrected chi connectivity index (χ3v) is 1.15. The summed E-state index contributed by atoms with van der Waals surface area (Å²) < 4.78 is 0. The second-order valence-corrected chi connectivity index (χ2v) is 2.38. The molecule has 0 saturated carbocycles. The van der Waals surface area contributed by atoms with Crippen LogP contribution in [-0.4, -0.2) is 16.0 Å². The van der Waals surface area contributed by atoms with Gasteiger partial charge >= 0.3 is 0 Å². The molecule has 0 spiro atoms. The van der Waals surface area contributed by atoms with Crippen LogP contribution in [-0.2, 0) is 6.42 Å². The van der Waals surface area contributed by atoms with Crippen molar-refractivity contribution in [3.05, 3.63) is 24.3 Å². The van der Waals surface area contributed by atoms with Crippen LogP contribution in [0.15, 0.2) is 18.6 Å². The fourth-order valence-electron chi connectivity index (χ4n) is 0.765. The molecule has 1 heterocycles. The van der Waals surface area contributed by atoms with Gasteiger partial charge in [-0.2, -0.15) is 0 Å². The van der Waals surface area contributed by atoms with Gasteiger partial charge < -0.3 is 5.73 Å². The highest BCUT2D eigenvalue weighted by molar-refractivity contribution is 5.85. The highest BCUT2D eigenvalue weighted by Crippen LogP contribution is 1.93. The lowest BCUT2D eigenvalue weighted by Crippen LogP contribution is -2.18. The first-order chi connectivity index (χ1) is 4.79. The van der Waals surface area contributed by atoms with Gasteiger partial charge in [0.15, 0.2) is 0 Å². The summed E-state index contributed by atoms with van der Waals surface area (Å²) in [7, 11) is 0. The van der Waals surface area contributed by atoms with Crippen molar-refractivity contribution >= 4 is 24.8 Å². The van der Waals surface area contributed by atoms with E-state index < -0.39 is 0 Å². The molecule has 0 saturated heterocycles. The number of hydrogen-bond acceptors (Lipinski definition) is 3. The molecular formula is C7H13Cl2N3. The number of nitrogens with zero attached hydrogens (tertiary/aromatic N) is 2. The van der Waals surface area contributed by atoms with Crippen molar-refractivity contribution in [3.8, 4) is 0 Å². The quantitative estimate of drug-likeness (QED) is 0.798. The summed E-state index contributed by atoms with van der Waals surface area (Å²) in [5.41, 5.74) is 6.51. The molecule has 1 aromatic heterocycles. The predicted molar refractivity (Wildman–Crippen MR) is 53.9 cm³/mol. The molecule has 0 fully saturated rings. The Hall–Kier alpha value is -0.380. The standard InChI is InChI=1S/C7H11N3.2ClH/c1-6(8)4-7-5-9-2-3-10-7;;/h2-3,5-6H,4,8H2,1H3;2*1H. The van der Waals surface area contributed by atoms with E-state index in [1.54, 1.807) is 18.6 Å². The van der Waals surface area contributed by atoms with Crippen LogP contribution < -0.4 is 5.73 Å². The van der Waals surface area contributed by atoms with E-state index in [9.17, 15) is 0 Å². The second-order valence-electron chi connectivity index (χ2n) is 2.38. The number of halogens is 2. The summed E-state index contributed by atoms with van der Waals surface area (Å²) in [5.74, 6) is 0. The molecule has 0 aliphatic rings. The monoisotopic (exact) mass is 209 g/mol. The van der Waals surface area contributed by atoms with Gasteiger partial charge in [-0.05, 0) is 6.92 Å². The number of nitrogens with two attached hydrogens (primary N) is 1. The summed E-state index contributed by atoms with van der Waals surface area (Å²) in [6, 6.07) is 0.164. The third-order valence-electron chi connectivity index (χ3n) is 1.15. The van der Waals surface area contributed by atoms with E-state index in [4.69, 9.17) is 5.73 Å². The van der Waals surface area contributed by atoms with Crippen LogP contribution in [0.2, 0.25) is 0 Å². The zero-order chi connectivity index (χ0) is 7.40. The lowest BCUT2D eigenvalue weighted by molar-refractivity contribution is 0.718. The van der Waals surface area contributed by atoms with Gasteiger partial charge in [0.05, 0.1) is 5.69 Å². The molecule has 3 nitrogen and oxygen atoms in total. The van der Waals surface area contributed by atoms with E-state index >= 15 is 0 Å². The minimum Gasteiger partial charge on any atom is -0.328 e. The summed E-state index contributed by atoms with van der Waals surface area (Å²) in [6.45, 7) is 1.95. The summed E-state index contributed by atoms with van der Waals surface area (Å²) in [4.78, 5) is 8.00. The Bertz CT molecular complexity index is 191. The van der Waals surface area contributed by atoms with E-state index in [-0.39, 0.29) is 30.9 Å². The average Bonchev–Trinajstić information content (AvgIpc) is 1.88. The minimum absolute atomic E-state index is 0. The molecule has 0 aliphatic heterocycles. The maximum absolute atomic E-state index is 5.56. The zero-order valence-electron chi connectivity index (χ0n) is 6.80. The van der Waals surface area contributed by atoms with Crippen molar-refractivity contribution in [2.45, 2.75) is 19.4 Å². The van der Waals surface area contributed by atoms with Gasteiger partial charge in [0.25, 0.3) is 0 Å². The summed E-state index contributed by atoms with van der Waals surface area (Å²) in [5, 5.41) is 0. The molecule has 12 heavy (non-hydrogen) atoms. The maximum atomic E-state index is 5.56. The van der Waals surface area contributed by atoms with Crippen molar-refractivity contribution in [1.82, 2.24) is 9.97 Å². The van der Waals surface area contributed by atoms with E-state index in [1.807, 2.05) is 6.92 Å². The van der Waals surface area contributed by atoms with Crippen molar-refractivity contribution < 1.29 is 0 Å². The van der Waals surface area contributed by atoms with Crippen molar-refractivity contribution in [1.29, 1.82) is 0 Å². The van der Waals surface area contributed by atoms with Gasteiger partial charge in [0, 0.05) is 31.1 Å². The molecule has 0 bridgehead atoms. The van der Waals surface area contributed by atoms with Crippen molar-refractivity contribution in [2.75, 3.05) is 0 Å². The molecule has 1 aromatic rings. The second kappa shape index (κ2) is 7.28. The molecule has 5 heteroatoms. The lowest BCUT2D eigenvalue weighted by Gasteiger charge is -2.01. The highest BCUT2D eigenvalue weighted by Gasteiger charge is 1.96. The molecule has 1 rings (SSSR count). The van der Waals surface area contributed by atoms with Gasteiger partial charge in [-0.1, -0.05) is 0 Å². The molecule has 1 atom stereocenters. The molecular weight excluding hydrogens is 197 g/mol. The van der Waals surface area contributed by atoms with E-state index in [0.29, 0.717) is 0 Å². The average molecular weight is 210 g/mol. The number of aromatic nitrogens is 2. The Morgan fingerprint density at radius 3 is 2.50 bits per heavy atom.